The molecular weight excluding hydrogens is 453 g/mol. The molecule has 2 aliphatic heterocycles. The number of carbonyl (C=O) groups excluding carboxylic acids is 3. The van der Waals surface area contributed by atoms with Crippen LogP contribution >= 0.6 is 12.2 Å². The standard InChI is InChI=1S/C21H28FN5O5S/c1-14(28)31-13-19(29)26-8-6-25(7-9-26)18-5-4-15(10-17(18)22)27-12-16(32-21(27)30)11-23-20(33)24(2)3/h4-5,10,16H,6-9,11-13H2,1-3H3,(H,23,33)/t16-/m0/s1. The molecule has 180 valence electrons. The Hall–Kier alpha value is -3.15. The van der Waals surface area contributed by atoms with E-state index < -0.39 is 24.0 Å². The first kappa shape index (κ1) is 24.5. The number of hydrogen-bond acceptors (Lipinski definition) is 7. The summed E-state index contributed by atoms with van der Waals surface area (Å²) in [4.78, 5) is 41.8. The van der Waals surface area contributed by atoms with Crippen molar-refractivity contribution in [2.24, 2.45) is 0 Å². The van der Waals surface area contributed by atoms with Crippen LogP contribution in [-0.2, 0) is 19.1 Å². The molecule has 0 spiro atoms. The van der Waals surface area contributed by atoms with E-state index in [2.05, 4.69) is 5.32 Å². The predicted molar refractivity (Wildman–Crippen MR) is 124 cm³/mol. The number of nitrogens with one attached hydrogen (secondary N) is 1. The van der Waals surface area contributed by atoms with Gasteiger partial charge in [-0.15, -0.1) is 0 Å². The number of cyclic esters (lactones) is 1. The fourth-order valence-electron chi connectivity index (χ4n) is 3.57. The van der Waals surface area contributed by atoms with E-state index >= 15 is 0 Å². The molecule has 10 nitrogen and oxygen atoms in total. The third-order valence-corrected chi connectivity index (χ3v) is 5.89. The molecule has 0 saturated carbocycles. The highest BCUT2D eigenvalue weighted by Gasteiger charge is 2.33. The maximum atomic E-state index is 14.9. The van der Waals surface area contributed by atoms with Crippen molar-refractivity contribution in [3.8, 4) is 0 Å². The minimum absolute atomic E-state index is 0.274. The summed E-state index contributed by atoms with van der Waals surface area (Å²) in [5.41, 5.74) is 0.807. The van der Waals surface area contributed by atoms with Crippen LogP contribution in [0.3, 0.4) is 0 Å². The molecule has 0 radical (unpaired) electrons. The van der Waals surface area contributed by atoms with Crippen LogP contribution in [0.2, 0.25) is 0 Å². The number of nitrogens with zero attached hydrogens (tertiary/aromatic N) is 4. The van der Waals surface area contributed by atoms with Crippen LogP contribution in [0, 0.1) is 5.82 Å². The lowest BCUT2D eigenvalue weighted by Gasteiger charge is -2.36. The minimum Gasteiger partial charge on any atom is -0.456 e. The molecule has 0 aromatic heterocycles. The van der Waals surface area contributed by atoms with Crippen molar-refractivity contribution in [2.75, 3.05) is 69.8 Å². The predicted octanol–water partition coefficient (Wildman–Crippen LogP) is 0.799. The zero-order valence-corrected chi connectivity index (χ0v) is 19.7. The molecule has 2 heterocycles. The highest BCUT2D eigenvalue weighted by molar-refractivity contribution is 7.80. The second-order valence-corrected chi connectivity index (χ2v) is 8.37. The first-order valence-electron chi connectivity index (χ1n) is 10.5. The second kappa shape index (κ2) is 10.6. The number of piperazine rings is 1. The summed E-state index contributed by atoms with van der Waals surface area (Å²) in [6.45, 7) is 3.26. The van der Waals surface area contributed by atoms with Gasteiger partial charge in [0.25, 0.3) is 5.91 Å². The van der Waals surface area contributed by atoms with E-state index in [1.807, 2.05) is 19.0 Å². The molecule has 2 saturated heterocycles. The summed E-state index contributed by atoms with van der Waals surface area (Å²) in [5, 5.41) is 3.56. The lowest BCUT2D eigenvalue weighted by molar-refractivity contribution is -0.150. The maximum Gasteiger partial charge on any atom is 0.414 e. The van der Waals surface area contributed by atoms with E-state index in [4.69, 9.17) is 21.7 Å². The van der Waals surface area contributed by atoms with Crippen molar-refractivity contribution >= 4 is 46.7 Å². The van der Waals surface area contributed by atoms with E-state index in [0.29, 0.717) is 49.2 Å². The van der Waals surface area contributed by atoms with Gasteiger partial charge in [-0.3, -0.25) is 14.5 Å². The Bertz CT molecular complexity index is 922. The quantitative estimate of drug-likeness (QED) is 0.468. The number of anilines is 2. The van der Waals surface area contributed by atoms with Crippen molar-refractivity contribution in [3.05, 3.63) is 24.0 Å². The number of thiocarbonyl (C=S) groups is 1. The van der Waals surface area contributed by atoms with E-state index in [9.17, 15) is 18.8 Å². The van der Waals surface area contributed by atoms with Gasteiger partial charge in [-0.25, -0.2) is 9.18 Å². The third-order valence-electron chi connectivity index (χ3n) is 5.38. The van der Waals surface area contributed by atoms with Gasteiger partial charge >= 0.3 is 12.1 Å². The Balaban J connectivity index is 1.56. The van der Waals surface area contributed by atoms with Crippen molar-refractivity contribution in [1.82, 2.24) is 15.1 Å². The summed E-state index contributed by atoms with van der Waals surface area (Å²) in [5.74, 6) is -1.25. The molecule has 33 heavy (non-hydrogen) atoms. The van der Waals surface area contributed by atoms with Gasteiger partial charge in [0.15, 0.2) is 11.7 Å². The van der Waals surface area contributed by atoms with E-state index in [-0.39, 0.29) is 19.1 Å². The molecule has 2 amide bonds. The normalized spacial score (nSPS) is 18.1. The number of ether oxygens (including phenoxy) is 2. The number of rotatable bonds is 6. The fourth-order valence-corrected chi connectivity index (χ4v) is 3.65. The van der Waals surface area contributed by atoms with Crippen molar-refractivity contribution in [3.63, 3.8) is 0 Å². The second-order valence-electron chi connectivity index (χ2n) is 7.98. The number of amides is 2. The highest BCUT2D eigenvalue weighted by Crippen LogP contribution is 2.28. The molecule has 0 aliphatic carbocycles. The largest absolute Gasteiger partial charge is 0.456 e. The fraction of sp³-hybridized carbons (Fsp3) is 0.524. The van der Waals surface area contributed by atoms with E-state index in [1.54, 1.807) is 21.9 Å². The van der Waals surface area contributed by atoms with Crippen LogP contribution in [0.5, 0.6) is 0 Å². The van der Waals surface area contributed by atoms with Crippen LogP contribution < -0.4 is 15.1 Å². The SMILES string of the molecule is CC(=O)OCC(=O)N1CCN(c2ccc(N3C[C@H](CNC(=S)N(C)C)OC3=O)cc2F)CC1. The van der Waals surface area contributed by atoms with Crippen LogP contribution in [0.4, 0.5) is 20.6 Å². The number of benzene rings is 1. The van der Waals surface area contributed by atoms with Gasteiger partial charge in [0.2, 0.25) is 0 Å². The third kappa shape index (κ3) is 6.21. The summed E-state index contributed by atoms with van der Waals surface area (Å²) in [6.07, 6.45) is -0.944. The van der Waals surface area contributed by atoms with Gasteiger partial charge in [-0.2, -0.15) is 0 Å². The summed E-state index contributed by atoms with van der Waals surface area (Å²) < 4.78 is 25.0. The van der Waals surface area contributed by atoms with Gasteiger partial charge in [0, 0.05) is 47.2 Å². The molecule has 0 bridgehead atoms. The number of esters is 1. The highest BCUT2D eigenvalue weighted by atomic mass is 32.1. The molecule has 1 N–H and O–H groups in total. The van der Waals surface area contributed by atoms with Crippen LogP contribution in [-0.4, -0.2) is 99.0 Å². The number of carbonyl (C=O) groups is 3. The molecular formula is C21H28FN5O5S. The zero-order valence-electron chi connectivity index (χ0n) is 18.9. The summed E-state index contributed by atoms with van der Waals surface area (Å²) in [7, 11) is 3.63. The molecule has 2 aliphatic rings. The van der Waals surface area contributed by atoms with Gasteiger partial charge in [0.1, 0.15) is 11.9 Å². The Morgan fingerprint density at radius 1 is 1.27 bits per heavy atom. The van der Waals surface area contributed by atoms with Gasteiger partial charge in [0.05, 0.1) is 24.5 Å². The first-order chi connectivity index (χ1) is 15.7. The van der Waals surface area contributed by atoms with Crippen LogP contribution in [0.15, 0.2) is 18.2 Å². The Labute approximate surface area is 197 Å². The summed E-state index contributed by atoms with van der Waals surface area (Å²) >= 11 is 5.17. The van der Waals surface area contributed by atoms with Crippen LogP contribution in [0.25, 0.3) is 0 Å². The lowest BCUT2D eigenvalue weighted by atomic mass is 10.2. The van der Waals surface area contributed by atoms with Crippen molar-refractivity contribution < 1.29 is 28.2 Å². The Kier molecular flexibility index (Phi) is 7.90. The van der Waals surface area contributed by atoms with Crippen LogP contribution in [0.1, 0.15) is 6.92 Å². The Morgan fingerprint density at radius 3 is 2.58 bits per heavy atom. The van der Waals surface area contributed by atoms with E-state index in [0.717, 1.165) is 0 Å². The maximum absolute atomic E-state index is 14.9. The molecule has 0 unspecified atom stereocenters. The average molecular weight is 482 g/mol. The number of halogens is 1. The summed E-state index contributed by atoms with van der Waals surface area (Å²) in [6, 6.07) is 4.62. The van der Waals surface area contributed by atoms with Gasteiger partial charge in [-0.05, 0) is 30.4 Å². The van der Waals surface area contributed by atoms with E-state index in [1.165, 1.54) is 17.9 Å². The van der Waals surface area contributed by atoms with Gasteiger partial charge in [-0.1, -0.05) is 0 Å². The topological polar surface area (TPSA) is 94.7 Å². The smallest absolute Gasteiger partial charge is 0.414 e. The lowest BCUT2D eigenvalue weighted by Crippen LogP contribution is -2.50. The molecule has 2 fully saturated rings. The molecule has 1 aromatic rings. The first-order valence-corrected chi connectivity index (χ1v) is 11.0. The monoisotopic (exact) mass is 481 g/mol. The van der Waals surface area contributed by atoms with Gasteiger partial charge < -0.3 is 29.5 Å². The van der Waals surface area contributed by atoms with Crippen molar-refractivity contribution in [2.45, 2.75) is 13.0 Å². The molecule has 1 aromatic carbocycles. The number of hydrogen-bond donors (Lipinski definition) is 1. The molecule has 3 rings (SSSR count). The zero-order chi connectivity index (χ0) is 24.1. The molecule has 1 atom stereocenters. The Morgan fingerprint density at radius 2 is 1.97 bits per heavy atom. The van der Waals surface area contributed by atoms with Crippen molar-refractivity contribution in [1.29, 1.82) is 0 Å². The molecule has 12 heteroatoms. The average Bonchev–Trinajstić information content (AvgIpc) is 3.16. The minimum atomic E-state index is -0.537.